The van der Waals surface area contributed by atoms with Crippen LogP contribution in [0.2, 0.25) is 0 Å². The molecule has 0 fully saturated rings. The molecule has 0 radical (unpaired) electrons. The van der Waals surface area contributed by atoms with Gasteiger partial charge in [0, 0.05) is 12.8 Å². The Labute approximate surface area is 145 Å². The van der Waals surface area contributed by atoms with Gasteiger partial charge in [-0.3, -0.25) is 4.79 Å². The number of amides is 1. The SMILES string of the molecule is CCCCC(=O)NC(C#N)(CC)CCOCc1ccc(OC)cc1. The van der Waals surface area contributed by atoms with Gasteiger partial charge in [0.15, 0.2) is 0 Å². The normalized spacial score (nSPS) is 12.9. The molecule has 0 spiro atoms. The molecule has 0 aliphatic carbocycles. The number of methoxy groups -OCH3 is 1. The first kappa shape index (κ1) is 20.0. The number of nitrogens with one attached hydrogen (secondary N) is 1. The Morgan fingerprint density at radius 2 is 2.00 bits per heavy atom. The van der Waals surface area contributed by atoms with Crippen LogP contribution < -0.4 is 10.1 Å². The van der Waals surface area contributed by atoms with Crippen LogP contribution in [0.15, 0.2) is 24.3 Å². The number of carbonyl (C=O) groups excluding carboxylic acids is 1. The lowest BCUT2D eigenvalue weighted by molar-refractivity contribution is -0.122. The molecule has 0 aliphatic heterocycles. The van der Waals surface area contributed by atoms with E-state index in [4.69, 9.17) is 9.47 Å². The van der Waals surface area contributed by atoms with Crippen molar-refractivity contribution in [2.45, 2.75) is 58.1 Å². The summed E-state index contributed by atoms with van der Waals surface area (Å²) in [6, 6.07) is 9.93. The first-order valence-corrected chi connectivity index (χ1v) is 8.52. The summed E-state index contributed by atoms with van der Waals surface area (Å²) in [7, 11) is 1.63. The molecule has 1 aromatic rings. The second kappa shape index (κ2) is 10.7. The van der Waals surface area contributed by atoms with E-state index in [1.807, 2.05) is 38.1 Å². The van der Waals surface area contributed by atoms with Gasteiger partial charge < -0.3 is 14.8 Å². The maximum Gasteiger partial charge on any atom is 0.221 e. The Bertz CT molecular complexity index is 537. The fourth-order valence-electron chi connectivity index (χ4n) is 2.32. The van der Waals surface area contributed by atoms with Gasteiger partial charge in [-0.05, 0) is 30.5 Å². The molecule has 1 N–H and O–H groups in total. The minimum absolute atomic E-state index is 0.0598. The molecule has 1 rings (SSSR count). The Kier molecular flexibility index (Phi) is 8.88. The van der Waals surface area contributed by atoms with Crippen LogP contribution in [0.3, 0.4) is 0 Å². The average molecular weight is 332 g/mol. The fourth-order valence-corrected chi connectivity index (χ4v) is 2.32. The molecular formula is C19H28N2O3. The second-order valence-electron chi connectivity index (χ2n) is 5.85. The largest absolute Gasteiger partial charge is 0.497 e. The van der Waals surface area contributed by atoms with Gasteiger partial charge in [0.1, 0.15) is 11.3 Å². The minimum atomic E-state index is -0.843. The van der Waals surface area contributed by atoms with E-state index in [1.54, 1.807) is 7.11 Å². The molecule has 0 aliphatic rings. The third-order valence-corrected chi connectivity index (χ3v) is 4.05. The monoisotopic (exact) mass is 332 g/mol. The molecule has 24 heavy (non-hydrogen) atoms. The van der Waals surface area contributed by atoms with E-state index in [2.05, 4.69) is 11.4 Å². The molecule has 1 atom stereocenters. The molecule has 1 aromatic carbocycles. The fraction of sp³-hybridized carbons (Fsp3) is 0.579. The van der Waals surface area contributed by atoms with Crippen molar-refractivity contribution in [3.8, 4) is 11.8 Å². The zero-order chi connectivity index (χ0) is 17.8. The number of nitrogens with zero attached hydrogens (tertiary/aromatic N) is 1. The molecule has 1 unspecified atom stereocenters. The Balaban J connectivity index is 2.44. The number of nitriles is 1. The van der Waals surface area contributed by atoms with Crippen LogP contribution in [0.1, 0.15) is 51.5 Å². The van der Waals surface area contributed by atoms with Crippen LogP contribution >= 0.6 is 0 Å². The highest BCUT2D eigenvalue weighted by Crippen LogP contribution is 2.17. The molecule has 0 aromatic heterocycles. The lowest BCUT2D eigenvalue weighted by atomic mass is 9.93. The van der Waals surface area contributed by atoms with Crippen molar-refractivity contribution >= 4 is 5.91 Å². The van der Waals surface area contributed by atoms with E-state index in [1.165, 1.54) is 0 Å². The number of benzene rings is 1. The molecule has 1 amide bonds. The highest BCUT2D eigenvalue weighted by Gasteiger charge is 2.29. The van der Waals surface area contributed by atoms with Crippen LogP contribution in [0, 0.1) is 11.3 Å². The maximum atomic E-state index is 11.9. The van der Waals surface area contributed by atoms with Crippen molar-refractivity contribution in [1.82, 2.24) is 5.32 Å². The summed E-state index contributed by atoms with van der Waals surface area (Å²) in [4.78, 5) is 11.9. The quantitative estimate of drug-likeness (QED) is 0.629. The zero-order valence-corrected chi connectivity index (χ0v) is 14.9. The van der Waals surface area contributed by atoms with Gasteiger partial charge in [-0.15, -0.1) is 0 Å². The van der Waals surface area contributed by atoms with Crippen molar-refractivity contribution in [2.75, 3.05) is 13.7 Å². The lowest BCUT2D eigenvalue weighted by Crippen LogP contribution is -2.47. The van der Waals surface area contributed by atoms with Crippen LogP contribution in [0.4, 0.5) is 0 Å². The van der Waals surface area contributed by atoms with Gasteiger partial charge in [-0.2, -0.15) is 5.26 Å². The zero-order valence-electron chi connectivity index (χ0n) is 14.9. The van der Waals surface area contributed by atoms with E-state index in [0.29, 0.717) is 32.5 Å². The summed E-state index contributed by atoms with van der Waals surface area (Å²) in [5, 5.41) is 12.4. The molecule has 5 nitrogen and oxygen atoms in total. The summed E-state index contributed by atoms with van der Waals surface area (Å²) >= 11 is 0. The average Bonchev–Trinajstić information content (AvgIpc) is 2.63. The molecule has 0 saturated heterocycles. The van der Waals surface area contributed by atoms with Crippen LogP contribution in [0.5, 0.6) is 5.75 Å². The number of carbonyl (C=O) groups is 1. The van der Waals surface area contributed by atoms with E-state index in [9.17, 15) is 10.1 Å². The van der Waals surface area contributed by atoms with Gasteiger partial charge >= 0.3 is 0 Å². The molecule has 0 heterocycles. The summed E-state index contributed by atoms with van der Waals surface area (Å²) in [6.07, 6.45) is 3.31. The van der Waals surface area contributed by atoms with Crippen molar-refractivity contribution < 1.29 is 14.3 Å². The molecule has 0 saturated carbocycles. The van der Waals surface area contributed by atoms with Crippen molar-refractivity contribution in [3.63, 3.8) is 0 Å². The Hall–Kier alpha value is -2.06. The van der Waals surface area contributed by atoms with Gasteiger partial charge in [0.25, 0.3) is 0 Å². The number of unbranched alkanes of at least 4 members (excludes halogenated alkanes) is 1. The number of ether oxygens (including phenoxy) is 2. The molecule has 132 valence electrons. The number of hydrogen-bond donors (Lipinski definition) is 1. The number of rotatable bonds is 11. The van der Waals surface area contributed by atoms with Gasteiger partial charge in [-0.25, -0.2) is 0 Å². The molecule has 0 bridgehead atoms. The van der Waals surface area contributed by atoms with Crippen LogP contribution in [-0.2, 0) is 16.1 Å². The maximum absolute atomic E-state index is 11.9. The van der Waals surface area contributed by atoms with Crippen molar-refractivity contribution in [2.24, 2.45) is 0 Å². The minimum Gasteiger partial charge on any atom is -0.497 e. The summed E-state index contributed by atoms with van der Waals surface area (Å²) in [5.41, 5.74) is 0.201. The highest BCUT2D eigenvalue weighted by atomic mass is 16.5. The second-order valence-corrected chi connectivity index (χ2v) is 5.85. The van der Waals surface area contributed by atoms with Crippen molar-refractivity contribution in [3.05, 3.63) is 29.8 Å². The van der Waals surface area contributed by atoms with Crippen LogP contribution in [-0.4, -0.2) is 25.2 Å². The highest BCUT2D eigenvalue weighted by molar-refractivity contribution is 5.77. The van der Waals surface area contributed by atoms with E-state index in [0.717, 1.165) is 24.2 Å². The van der Waals surface area contributed by atoms with E-state index in [-0.39, 0.29) is 5.91 Å². The Morgan fingerprint density at radius 3 is 2.54 bits per heavy atom. The summed E-state index contributed by atoms with van der Waals surface area (Å²) in [6.45, 7) is 4.84. The summed E-state index contributed by atoms with van der Waals surface area (Å²) in [5.74, 6) is 0.749. The standard InChI is InChI=1S/C19H28N2O3/c1-4-6-7-18(22)21-19(5-2,15-20)12-13-24-14-16-8-10-17(23-3)11-9-16/h8-11H,4-7,12-14H2,1-3H3,(H,21,22). The molecule has 5 heteroatoms. The van der Waals surface area contributed by atoms with E-state index < -0.39 is 5.54 Å². The molecular weight excluding hydrogens is 304 g/mol. The first-order valence-electron chi connectivity index (χ1n) is 8.52. The smallest absolute Gasteiger partial charge is 0.221 e. The first-order chi connectivity index (χ1) is 11.6. The van der Waals surface area contributed by atoms with Gasteiger partial charge in [0.05, 0.1) is 26.4 Å². The predicted octanol–water partition coefficient (Wildman–Crippen LogP) is 3.58. The van der Waals surface area contributed by atoms with Gasteiger partial charge in [0.2, 0.25) is 5.91 Å². The topological polar surface area (TPSA) is 71.4 Å². The van der Waals surface area contributed by atoms with Crippen LogP contribution in [0.25, 0.3) is 0 Å². The lowest BCUT2D eigenvalue weighted by Gasteiger charge is -2.26. The van der Waals surface area contributed by atoms with Crippen molar-refractivity contribution in [1.29, 1.82) is 5.26 Å². The third kappa shape index (κ3) is 6.59. The number of hydrogen-bond acceptors (Lipinski definition) is 4. The Morgan fingerprint density at radius 1 is 1.29 bits per heavy atom. The predicted molar refractivity (Wildman–Crippen MR) is 93.6 cm³/mol. The summed E-state index contributed by atoms with van der Waals surface area (Å²) < 4.78 is 10.8. The third-order valence-electron chi connectivity index (χ3n) is 4.05. The van der Waals surface area contributed by atoms with E-state index >= 15 is 0 Å². The van der Waals surface area contributed by atoms with Gasteiger partial charge in [-0.1, -0.05) is 32.4 Å².